The first-order chi connectivity index (χ1) is 5.60. The molecule has 0 saturated heterocycles. The second kappa shape index (κ2) is 5.77. The summed E-state index contributed by atoms with van der Waals surface area (Å²) in [5.41, 5.74) is 0. The molecular weight excluding hydrogens is 152 g/mol. The van der Waals surface area contributed by atoms with Crippen LogP contribution in [0.25, 0.3) is 0 Å². The van der Waals surface area contributed by atoms with Crippen LogP contribution in [0.5, 0.6) is 0 Å². The molecule has 3 nitrogen and oxygen atoms in total. The molecule has 70 valence electrons. The van der Waals surface area contributed by atoms with E-state index in [1.165, 1.54) is 6.08 Å². The van der Waals surface area contributed by atoms with Crippen LogP contribution in [-0.2, 0) is 4.79 Å². The highest BCUT2D eigenvalue weighted by molar-refractivity contribution is 5.87. The molecule has 0 aliphatic carbocycles. The van der Waals surface area contributed by atoms with Gasteiger partial charge in [0, 0.05) is 6.04 Å². The molecule has 1 atom stereocenters. The molecule has 0 aliphatic rings. The van der Waals surface area contributed by atoms with E-state index in [9.17, 15) is 4.79 Å². The highest BCUT2D eigenvalue weighted by Crippen LogP contribution is 1.89. The number of amides is 1. The molecular formula is C9H18N2O. The average molecular weight is 170 g/mol. The molecule has 12 heavy (non-hydrogen) atoms. The Kier molecular flexibility index (Phi) is 5.37. The first-order valence-corrected chi connectivity index (χ1v) is 4.29. The second-order valence-corrected chi connectivity index (χ2v) is 2.99. The van der Waals surface area contributed by atoms with Gasteiger partial charge in [0.15, 0.2) is 0 Å². The van der Waals surface area contributed by atoms with Crippen LogP contribution in [0.2, 0.25) is 0 Å². The van der Waals surface area contributed by atoms with E-state index in [2.05, 4.69) is 17.2 Å². The van der Waals surface area contributed by atoms with Gasteiger partial charge in [0.25, 0.3) is 0 Å². The van der Waals surface area contributed by atoms with E-state index in [4.69, 9.17) is 0 Å². The van der Waals surface area contributed by atoms with E-state index < -0.39 is 0 Å². The predicted molar refractivity (Wildman–Crippen MR) is 50.7 cm³/mol. The van der Waals surface area contributed by atoms with Crippen molar-refractivity contribution in [2.75, 3.05) is 0 Å². The first-order valence-electron chi connectivity index (χ1n) is 4.29. The minimum Gasteiger partial charge on any atom is -0.337 e. The van der Waals surface area contributed by atoms with Crippen LogP contribution in [-0.4, -0.2) is 18.1 Å². The van der Waals surface area contributed by atoms with Crippen LogP contribution in [0.3, 0.4) is 0 Å². The maximum absolute atomic E-state index is 10.9. The topological polar surface area (TPSA) is 41.1 Å². The van der Waals surface area contributed by atoms with Crippen LogP contribution in [0.4, 0.5) is 0 Å². The van der Waals surface area contributed by atoms with Crippen LogP contribution < -0.4 is 10.6 Å². The van der Waals surface area contributed by atoms with Gasteiger partial charge < -0.3 is 5.32 Å². The Morgan fingerprint density at radius 2 is 2.17 bits per heavy atom. The van der Waals surface area contributed by atoms with Gasteiger partial charge in [-0.2, -0.15) is 0 Å². The fourth-order valence-electron chi connectivity index (χ4n) is 0.895. The number of hydrogen-bond donors (Lipinski definition) is 2. The van der Waals surface area contributed by atoms with Gasteiger partial charge in [0.2, 0.25) is 5.91 Å². The molecule has 0 aromatic heterocycles. The fourth-order valence-corrected chi connectivity index (χ4v) is 0.895. The zero-order valence-corrected chi connectivity index (χ0v) is 8.05. The van der Waals surface area contributed by atoms with Gasteiger partial charge in [0.1, 0.15) is 0 Å². The number of carbonyl (C=O) groups is 1. The number of carbonyl (C=O) groups excluding carboxylic acids is 1. The van der Waals surface area contributed by atoms with Crippen molar-refractivity contribution in [2.24, 2.45) is 0 Å². The monoisotopic (exact) mass is 170 g/mol. The Balaban J connectivity index is 3.82. The minimum atomic E-state index is -0.130. The van der Waals surface area contributed by atoms with Gasteiger partial charge in [-0.3, -0.25) is 10.1 Å². The normalized spacial score (nSPS) is 12.7. The van der Waals surface area contributed by atoms with Gasteiger partial charge in [-0.1, -0.05) is 13.5 Å². The van der Waals surface area contributed by atoms with Gasteiger partial charge in [0.05, 0.1) is 6.17 Å². The molecule has 0 rings (SSSR count). The minimum absolute atomic E-state index is 0.0514. The lowest BCUT2D eigenvalue weighted by Gasteiger charge is -2.20. The predicted octanol–water partition coefficient (Wildman–Crippen LogP) is 1.02. The van der Waals surface area contributed by atoms with Crippen LogP contribution in [0.1, 0.15) is 27.2 Å². The van der Waals surface area contributed by atoms with Gasteiger partial charge in [-0.15, -0.1) is 0 Å². The van der Waals surface area contributed by atoms with Crippen molar-refractivity contribution < 1.29 is 4.79 Å². The Morgan fingerprint density at radius 1 is 1.58 bits per heavy atom. The van der Waals surface area contributed by atoms with E-state index in [0.717, 1.165) is 6.42 Å². The average Bonchev–Trinajstić information content (AvgIpc) is 2.02. The third-order valence-electron chi connectivity index (χ3n) is 1.44. The van der Waals surface area contributed by atoms with E-state index in [-0.39, 0.29) is 12.1 Å². The molecule has 1 unspecified atom stereocenters. The maximum Gasteiger partial charge on any atom is 0.244 e. The van der Waals surface area contributed by atoms with Crippen LogP contribution >= 0.6 is 0 Å². The maximum atomic E-state index is 10.9. The molecule has 0 bridgehead atoms. The van der Waals surface area contributed by atoms with E-state index >= 15 is 0 Å². The third kappa shape index (κ3) is 4.91. The van der Waals surface area contributed by atoms with E-state index in [1.54, 1.807) is 0 Å². The summed E-state index contributed by atoms with van der Waals surface area (Å²) in [4.78, 5) is 10.9. The van der Waals surface area contributed by atoms with Crippen molar-refractivity contribution in [1.82, 2.24) is 10.6 Å². The zero-order chi connectivity index (χ0) is 9.56. The summed E-state index contributed by atoms with van der Waals surface area (Å²) in [6, 6.07) is 0.375. The van der Waals surface area contributed by atoms with Crippen LogP contribution in [0.15, 0.2) is 12.7 Å². The van der Waals surface area contributed by atoms with Crippen LogP contribution in [0, 0.1) is 0 Å². The van der Waals surface area contributed by atoms with E-state index in [1.807, 2.05) is 20.8 Å². The molecule has 0 heterocycles. The molecule has 0 spiro atoms. The molecule has 0 saturated carbocycles. The van der Waals surface area contributed by atoms with Crippen molar-refractivity contribution >= 4 is 5.91 Å². The lowest BCUT2D eigenvalue weighted by atomic mass is 10.3. The Bertz CT molecular complexity index is 155. The Hall–Kier alpha value is -0.830. The second-order valence-electron chi connectivity index (χ2n) is 2.99. The highest BCUT2D eigenvalue weighted by atomic mass is 16.1. The molecule has 3 heteroatoms. The lowest BCUT2D eigenvalue weighted by molar-refractivity contribution is -0.117. The largest absolute Gasteiger partial charge is 0.337 e. The summed E-state index contributed by atoms with van der Waals surface area (Å²) in [5, 5.41) is 5.99. The van der Waals surface area contributed by atoms with Crippen molar-refractivity contribution in [3.8, 4) is 0 Å². The quantitative estimate of drug-likeness (QED) is 0.478. The summed E-state index contributed by atoms with van der Waals surface area (Å²) < 4.78 is 0. The molecule has 0 radical (unpaired) electrons. The lowest BCUT2D eigenvalue weighted by Crippen LogP contribution is -2.47. The number of rotatable bonds is 5. The highest BCUT2D eigenvalue weighted by Gasteiger charge is 2.07. The van der Waals surface area contributed by atoms with Gasteiger partial charge in [-0.25, -0.2) is 0 Å². The molecule has 0 aromatic carbocycles. The van der Waals surface area contributed by atoms with Crippen molar-refractivity contribution in [3.05, 3.63) is 12.7 Å². The number of hydrogen-bond acceptors (Lipinski definition) is 2. The molecule has 0 fully saturated rings. The standard InChI is InChI=1S/C9H18N2O/c1-5-8(10-7(3)4)11-9(12)6-2/h6-8,10H,2,5H2,1,3-4H3,(H,11,12). The summed E-state index contributed by atoms with van der Waals surface area (Å²) in [7, 11) is 0. The van der Waals surface area contributed by atoms with Gasteiger partial charge >= 0.3 is 0 Å². The number of nitrogens with one attached hydrogen (secondary N) is 2. The third-order valence-corrected chi connectivity index (χ3v) is 1.44. The van der Waals surface area contributed by atoms with Crippen molar-refractivity contribution in [2.45, 2.75) is 39.4 Å². The molecule has 2 N–H and O–H groups in total. The van der Waals surface area contributed by atoms with E-state index in [0.29, 0.717) is 6.04 Å². The molecule has 0 aliphatic heterocycles. The Labute approximate surface area is 74.2 Å². The fraction of sp³-hybridized carbons (Fsp3) is 0.667. The zero-order valence-electron chi connectivity index (χ0n) is 8.05. The van der Waals surface area contributed by atoms with Crippen molar-refractivity contribution in [1.29, 1.82) is 0 Å². The molecule has 1 amide bonds. The SMILES string of the molecule is C=CC(=O)NC(CC)NC(C)C. The summed E-state index contributed by atoms with van der Waals surface area (Å²) >= 11 is 0. The smallest absolute Gasteiger partial charge is 0.244 e. The summed E-state index contributed by atoms with van der Waals surface area (Å²) in [6.45, 7) is 9.49. The molecule has 0 aromatic rings. The van der Waals surface area contributed by atoms with Gasteiger partial charge in [-0.05, 0) is 26.3 Å². The van der Waals surface area contributed by atoms with Crippen molar-refractivity contribution in [3.63, 3.8) is 0 Å². The summed E-state index contributed by atoms with van der Waals surface area (Å²) in [5.74, 6) is -0.130. The summed E-state index contributed by atoms with van der Waals surface area (Å²) in [6.07, 6.45) is 2.21. The first kappa shape index (κ1) is 11.2. The Morgan fingerprint density at radius 3 is 2.50 bits per heavy atom.